The summed E-state index contributed by atoms with van der Waals surface area (Å²) in [6, 6.07) is 1.80. The average Bonchev–Trinajstić information content (AvgIpc) is 2.39. The second-order valence-electron chi connectivity index (χ2n) is 4.03. The van der Waals surface area contributed by atoms with Gasteiger partial charge >= 0.3 is 0 Å². The molecule has 7 heteroatoms. The van der Waals surface area contributed by atoms with Gasteiger partial charge in [-0.2, -0.15) is 0 Å². The van der Waals surface area contributed by atoms with Crippen LogP contribution in [0.3, 0.4) is 0 Å². The second-order valence-corrected chi connectivity index (χ2v) is 5.69. The van der Waals surface area contributed by atoms with Gasteiger partial charge in [0.2, 0.25) is 0 Å². The Kier molecular flexibility index (Phi) is 4.03. The van der Waals surface area contributed by atoms with Crippen molar-refractivity contribution in [1.82, 2.24) is 20.0 Å². The molecule has 0 aromatic carbocycles. The zero-order valence-electron chi connectivity index (χ0n) is 9.46. The molecule has 0 amide bonds. The molecule has 2 N–H and O–H groups in total. The van der Waals surface area contributed by atoms with Gasteiger partial charge < -0.3 is 5.32 Å². The summed E-state index contributed by atoms with van der Waals surface area (Å²) >= 11 is 0. The number of nitrogens with zero attached hydrogens (tertiary/aromatic N) is 2. The van der Waals surface area contributed by atoms with E-state index in [1.807, 2.05) is 0 Å². The summed E-state index contributed by atoms with van der Waals surface area (Å²) in [5.74, 6) is 0. The van der Waals surface area contributed by atoms with Crippen LogP contribution in [0.15, 0.2) is 23.6 Å². The molecule has 0 spiro atoms. The molecule has 1 unspecified atom stereocenters. The smallest absolute Gasteiger partial charge is 0.276 e. The van der Waals surface area contributed by atoms with Crippen molar-refractivity contribution in [2.75, 3.05) is 13.1 Å². The van der Waals surface area contributed by atoms with Crippen molar-refractivity contribution >= 4 is 10.0 Å². The molecule has 0 aliphatic carbocycles. The predicted molar refractivity (Wildman–Crippen MR) is 62.9 cm³/mol. The predicted octanol–water partition coefficient (Wildman–Crippen LogP) is -0.103. The monoisotopic (exact) mass is 256 g/mol. The highest BCUT2D eigenvalue weighted by Crippen LogP contribution is 2.07. The Morgan fingerprint density at radius 2 is 2.12 bits per heavy atom. The van der Waals surface area contributed by atoms with Crippen LogP contribution in [0.2, 0.25) is 0 Å². The Hall–Kier alpha value is -1.05. The minimum atomic E-state index is -3.57. The number of nitrogens with one attached hydrogen (secondary N) is 2. The molecular weight excluding hydrogens is 240 g/mol. The Balaban J connectivity index is 1.94. The molecule has 0 radical (unpaired) electrons. The van der Waals surface area contributed by atoms with Crippen LogP contribution >= 0.6 is 0 Å². The highest BCUT2D eigenvalue weighted by molar-refractivity contribution is 7.89. The van der Waals surface area contributed by atoms with Gasteiger partial charge in [-0.1, -0.05) is 6.42 Å². The third-order valence-electron chi connectivity index (χ3n) is 2.71. The number of hydrogen-bond acceptors (Lipinski definition) is 5. The maximum atomic E-state index is 11.8. The van der Waals surface area contributed by atoms with E-state index < -0.39 is 10.0 Å². The standard InChI is InChI=1S/C10H16N4O2S/c15-17(16,10-12-6-3-7-13-10)14-8-9-4-1-2-5-11-9/h3,6-7,9,11,14H,1-2,4-5,8H2. The minimum Gasteiger partial charge on any atom is -0.313 e. The molecule has 94 valence electrons. The highest BCUT2D eigenvalue weighted by Gasteiger charge is 2.20. The molecule has 1 aliphatic heterocycles. The fourth-order valence-corrected chi connectivity index (χ4v) is 2.75. The molecule has 1 aromatic rings. The van der Waals surface area contributed by atoms with Crippen molar-refractivity contribution in [3.8, 4) is 0 Å². The van der Waals surface area contributed by atoms with Crippen LogP contribution in [0.4, 0.5) is 0 Å². The van der Waals surface area contributed by atoms with Crippen molar-refractivity contribution < 1.29 is 8.42 Å². The second kappa shape index (κ2) is 5.52. The fraction of sp³-hybridized carbons (Fsp3) is 0.600. The molecule has 0 bridgehead atoms. The summed E-state index contributed by atoms with van der Waals surface area (Å²) < 4.78 is 26.2. The molecule has 0 saturated carbocycles. The number of rotatable bonds is 4. The van der Waals surface area contributed by atoms with Gasteiger partial charge in [-0.05, 0) is 25.5 Å². The average molecular weight is 256 g/mol. The van der Waals surface area contributed by atoms with Crippen LogP contribution in [0.5, 0.6) is 0 Å². The van der Waals surface area contributed by atoms with Crippen molar-refractivity contribution in [3.05, 3.63) is 18.5 Å². The summed E-state index contributed by atoms with van der Waals surface area (Å²) in [5, 5.41) is 3.10. The van der Waals surface area contributed by atoms with Crippen molar-refractivity contribution in [3.63, 3.8) is 0 Å². The Bertz CT molecular complexity index is 443. The number of aromatic nitrogens is 2. The highest BCUT2D eigenvalue weighted by atomic mass is 32.2. The Labute approximate surface area is 101 Å². The van der Waals surface area contributed by atoms with Gasteiger partial charge in [0.1, 0.15) is 0 Å². The van der Waals surface area contributed by atoms with E-state index in [1.165, 1.54) is 12.4 Å². The van der Waals surface area contributed by atoms with E-state index in [4.69, 9.17) is 0 Å². The SMILES string of the molecule is O=S(=O)(NCC1CCCCN1)c1ncccn1. The first kappa shape index (κ1) is 12.4. The van der Waals surface area contributed by atoms with Gasteiger partial charge in [-0.15, -0.1) is 0 Å². The van der Waals surface area contributed by atoms with Crippen molar-refractivity contribution in [2.45, 2.75) is 30.5 Å². The van der Waals surface area contributed by atoms with Crippen LogP contribution in [0.1, 0.15) is 19.3 Å². The first-order chi connectivity index (χ1) is 8.18. The van der Waals surface area contributed by atoms with E-state index in [9.17, 15) is 8.42 Å². The molecular formula is C10H16N4O2S. The Morgan fingerprint density at radius 3 is 2.76 bits per heavy atom. The van der Waals surface area contributed by atoms with Gasteiger partial charge in [-0.25, -0.2) is 23.1 Å². The number of hydrogen-bond donors (Lipinski definition) is 2. The van der Waals surface area contributed by atoms with Gasteiger partial charge in [0.05, 0.1) is 0 Å². The molecule has 1 fully saturated rings. The van der Waals surface area contributed by atoms with Gasteiger partial charge in [0, 0.05) is 25.0 Å². The first-order valence-corrected chi connectivity index (χ1v) is 7.17. The van der Waals surface area contributed by atoms with Crippen LogP contribution in [-0.2, 0) is 10.0 Å². The van der Waals surface area contributed by atoms with Gasteiger partial charge in [0.15, 0.2) is 0 Å². The molecule has 1 aliphatic rings. The quantitative estimate of drug-likeness (QED) is 0.735. The van der Waals surface area contributed by atoms with Crippen LogP contribution in [0.25, 0.3) is 0 Å². The van der Waals surface area contributed by atoms with E-state index in [-0.39, 0.29) is 11.2 Å². The van der Waals surface area contributed by atoms with E-state index in [1.54, 1.807) is 6.07 Å². The van der Waals surface area contributed by atoms with Crippen LogP contribution in [0, 0.1) is 0 Å². The minimum absolute atomic E-state index is 0.171. The van der Waals surface area contributed by atoms with E-state index in [0.29, 0.717) is 6.54 Å². The molecule has 1 aromatic heterocycles. The summed E-state index contributed by atoms with van der Waals surface area (Å²) in [4.78, 5) is 7.46. The van der Waals surface area contributed by atoms with E-state index in [0.717, 1.165) is 25.8 Å². The zero-order valence-corrected chi connectivity index (χ0v) is 10.3. The zero-order chi connectivity index (χ0) is 12.1. The van der Waals surface area contributed by atoms with Gasteiger partial charge in [0.25, 0.3) is 15.2 Å². The third kappa shape index (κ3) is 3.45. The molecule has 2 heterocycles. The molecule has 1 saturated heterocycles. The van der Waals surface area contributed by atoms with E-state index in [2.05, 4.69) is 20.0 Å². The largest absolute Gasteiger partial charge is 0.313 e. The lowest BCUT2D eigenvalue weighted by molar-refractivity contribution is 0.398. The molecule has 6 nitrogen and oxygen atoms in total. The lowest BCUT2D eigenvalue weighted by Gasteiger charge is -2.23. The maximum absolute atomic E-state index is 11.8. The molecule has 1 atom stereocenters. The molecule has 2 rings (SSSR count). The summed E-state index contributed by atoms with van der Waals surface area (Å²) in [6.07, 6.45) is 6.13. The topological polar surface area (TPSA) is 84.0 Å². The maximum Gasteiger partial charge on any atom is 0.276 e. The van der Waals surface area contributed by atoms with E-state index >= 15 is 0 Å². The Morgan fingerprint density at radius 1 is 1.35 bits per heavy atom. The summed E-state index contributed by atoms with van der Waals surface area (Å²) in [6.45, 7) is 1.34. The third-order valence-corrected chi connectivity index (χ3v) is 3.95. The van der Waals surface area contributed by atoms with Crippen LogP contribution in [-0.4, -0.2) is 37.5 Å². The normalized spacial score (nSPS) is 21.3. The first-order valence-electron chi connectivity index (χ1n) is 5.68. The van der Waals surface area contributed by atoms with Gasteiger partial charge in [-0.3, -0.25) is 0 Å². The number of piperidine rings is 1. The lowest BCUT2D eigenvalue weighted by Crippen LogP contribution is -2.43. The fourth-order valence-electron chi connectivity index (χ4n) is 1.80. The lowest BCUT2D eigenvalue weighted by atomic mass is 10.1. The van der Waals surface area contributed by atoms with Crippen molar-refractivity contribution in [2.24, 2.45) is 0 Å². The van der Waals surface area contributed by atoms with Crippen molar-refractivity contribution in [1.29, 1.82) is 0 Å². The summed E-state index contributed by atoms with van der Waals surface area (Å²) in [5.41, 5.74) is 0. The number of sulfonamides is 1. The molecule has 17 heavy (non-hydrogen) atoms. The summed E-state index contributed by atoms with van der Waals surface area (Å²) in [7, 11) is -3.57. The van der Waals surface area contributed by atoms with Crippen LogP contribution < -0.4 is 10.0 Å².